The van der Waals surface area contributed by atoms with Crippen molar-refractivity contribution in [1.29, 1.82) is 0 Å². The van der Waals surface area contributed by atoms with Crippen molar-refractivity contribution in [2.45, 2.75) is 26.7 Å². The Balaban J connectivity index is 2.00. The molecule has 0 radical (unpaired) electrons. The number of hydrogen-bond donors (Lipinski definition) is 2. The second-order valence-corrected chi connectivity index (χ2v) is 5.19. The third-order valence-corrected chi connectivity index (χ3v) is 3.73. The van der Waals surface area contributed by atoms with Gasteiger partial charge in [-0.05, 0) is 31.0 Å². The van der Waals surface area contributed by atoms with Crippen LogP contribution in [0.25, 0.3) is 0 Å². The maximum atomic E-state index is 12.2. The van der Waals surface area contributed by atoms with Crippen LogP contribution in [0.4, 0.5) is 10.5 Å². The van der Waals surface area contributed by atoms with Gasteiger partial charge in [0.1, 0.15) is 0 Å². The van der Waals surface area contributed by atoms with E-state index < -0.39 is 0 Å². The van der Waals surface area contributed by atoms with E-state index in [9.17, 15) is 4.79 Å². The van der Waals surface area contributed by atoms with Crippen molar-refractivity contribution in [2.75, 3.05) is 18.4 Å². The number of nitrogens with one attached hydrogen (secondary N) is 1. The highest BCUT2D eigenvalue weighted by molar-refractivity contribution is 5.93. The molecule has 1 saturated heterocycles. The molecule has 5 nitrogen and oxygen atoms in total. The Bertz CT molecular complexity index is 514. The number of benzene rings is 1. The molecule has 1 fully saturated rings. The lowest BCUT2D eigenvalue weighted by atomic mass is 9.93. The Hall–Kier alpha value is -2.04. The van der Waals surface area contributed by atoms with Gasteiger partial charge in [0.15, 0.2) is 0 Å². The topological polar surface area (TPSA) is 64.9 Å². The molecule has 1 unspecified atom stereocenters. The third-order valence-electron chi connectivity index (χ3n) is 3.73. The molecule has 0 bridgehead atoms. The van der Waals surface area contributed by atoms with Crippen molar-refractivity contribution >= 4 is 17.4 Å². The second kappa shape index (κ2) is 6.41. The molecule has 1 aromatic rings. The molecule has 0 saturated carbocycles. The Morgan fingerprint density at radius 3 is 3.00 bits per heavy atom. The second-order valence-electron chi connectivity index (χ2n) is 5.19. The summed E-state index contributed by atoms with van der Waals surface area (Å²) in [5, 5.41) is 15.2. The number of likely N-dealkylation sites (tertiary alicyclic amines) is 1. The van der Waals surface area contributed by atoms with Gasteiger partial charge in [-0.25, -0.2) is 4.79 Å². The molecule has 0 spiro atoms. The summed E-state index contributed by atoms with van der Waals surface area (Å²) in [6.45, 7) is 5.23. The van der Waals surface area contributed by atoms with Crippen molar-refractivity contribution < 1.29 is 10.0 Å². The predicted molar refractivity (Wildman–Crippen MR) is 79.4 cm³/mol. The summed E-state index contributed by atoms with van der Waals surface area (Å²) in [5.74, 6) is 0.150. The van der Waals surface area contributed by atoms with Crippen LogP contribution in [0.5, 0.6) is 0 Å². The number of carbonyl (C=O) groups excluding carboxylic acids is 1. The highest BCUT2D eigenvalue weighted by Gasteiger charge is 2.27. The molecule has 20 heavy (non-hydrogen) atoms. The minimum atomic E-state index is -0.0916. The lowest BCUT2D eigenvalue weighted by Gasteiger charge is -2.32. The monoisotopic (exact) mass is 275 g/mol. The zero-order valence-corrected chi connectivity index (χ0v) is 12.0. The number of rotatable bonds is 2. The molecule has 1 heterocycles. The average molecular weight is 275 g/mol. The molecular weight excluding hydrogens is 254 g/mol. The molecule has 108 valence electrons. The zero-order chi connectivity index (χ0) is 14.5. The maximum absolute atomic E-state index is 12.2. The molecule has 0 aromatic heterocycles. The Morgan fingerprint density at radius 1 is 1.55 bits per heavy atom. The highest BCUT2D eigenvalue weighted by atomic mass is 16.4. The van der Waals surface area contributed by atoms with Crippen LogP contribution in [0, 0.1) is 12.8 Å². The lowest BCUT2D eigenvalue weighted by Crippen LogP contribution is -2.45. The van der Waals surface area contributed by atoms with E-state index in [1.807, 2.05) is 38.1 Å². The summed E-state index contributed by atoms with van der Waals surface area (Å²) in [4.78, 5) is 14.0. The van der Waals surface area contributed by atoms with Crippen LogP contribution in [0.1, 0.15) is 25.3 Å². The van der Waals surface area contributed by atoms with Crippen LogP contribution >= 0.6 is 0 Å². The smallest absolute Gasteiger partial charge is 0.321 e. The number of anilines is 1. The van der Waals surface area contributed by atoms with E-state index in [0.717, 1.165) is 23.4 Å². The average Bonchev–Trinajstić information content (AvgIpc) is 2.46. The molecule has 2 N–H and O–H groups in total. The maximum Gasteiger partial charge on any atom is 0.321 e. The van der Waals surface area contributed by atoms with Crippen molar-refractivity contribution in [3.63, 3.8) is 0 Å². The standard InChI is InChI=1S/C15H21N3O2/c1-3-12-10-18(8-7-14(12)17-20)15(19)16-13-6-4-5-11(2)9-13/h4-6,9,12,20H,3,7-8,10H2,1-2H3,(H,16,19)/b17-14+. The van der Waals surface area contributed by atoms with Crippen molar-refractivity contribution in [1.82, 2.24) is 4.90 Å². The lowest BCUT2D eigenvalue weighted by molar-refractivity contribution is 0.200. The van der Waals surface area contributed by atoms with Crippen LogP contribution in [0.3, 0.4) is 0 Å². The van der Waals surface area contributed by atoms with E-state index in [0.29, 0.717) is 19.5 Å². The van der Waals surface area contributed by atoms with Gasteiger partial charge >= 0.3 is 6.03 Å². The third kappa shape index (κ3) is 3.29. The van der Waals surface area contributed by atoms with Crippen molar-refractivity contribution in [2.24, 2.45) is 11.1 Å². The fraction of sp³-hybridized carbons (Fsp3) is 0.467. The summed E-state index contributed by atoms with van der Waals surface area (Å²) in [6, 6.07) is 7.65. The highest BCUT2D eigenvalue weighted by Crippen LogP contribution is 2.19. The van der Waals surface area contributed by atoms with Gasteiger partial charge in [0.05, 0.1) is 5.71 Å². The number of urea groups is 1. The predicted octanol–water partition coefficient (Wildman–Crippen LogP) is 3.09. The van der Waals surface area contributed by atoms with Crippen LogP contribution in [0.2, 0.25) is 0 Å². The first kappa shape index (κ1) is 14.4. The number of piperidine rings is 1. The molecule has 1 aliphatic rings. The van der Waals surface area contributed by atoms with E-state index >= 15 is 0 Å². The summed E-state index contributed by atoms with van der Waals surface area (Å²) in [7, 11) is 0. The first-order valence-electron chi connectivity index (χ1n) is 6.97. The summed E-state index contributed by atoms with van der Waals surface area (Å²) >= 11 is 0. The number of oxime groups is 1. The number of carbonyl (C=O) groups is 1. The van der Waals surface area contributed by atoms with Crippen LogP contribution < -0.4 is 5.32 Å². The fourth-order valence-corrected chi connectivity index (χ4v) is 2.52. The van der Waals surface area contributed by atoms with Crippen molar-refractivity contribution in [3.05, 3.63) is 29.8 Å². The van der Waals surface area contributed by atoms with Gasteiger partial charge in [0, 0.05) is 31.1 Å². The minimum absolute atomic E-state index is 0.0916. The van der Waals surface area contributed by atoms with Gasteiger partial charge in [-0.2, -0.15) is 0 Å². The molecule has 1 aromatic carbocycles. The van der Waals surface area contributed by atoms with Crippen LogP contribution in [-0.4, -0.2) is 34.9 Å². The summed E-state index contributed by atoms with van der Waals surface area (Å²) in [5.41, 5.74) is 2.72. The van der Waals surface area contributed by atoms with E-state index in [-0.39, 0.29) is 11.9 Å². The van der Waals surface area contributed by atoms with Gasteiger partial charge < -0.3 is 15.4 Å². The van der Waals surface area contributed by atoms with Gasteiger partial charge in [-0.15, -0.1) is 0 Å². The molecule has 5 heteroatoms. The molecule has 2 rings (SSSR count). The van der Waals surface area contributed by atoms with Crippen LogP contribution in [0.15, 0.2) is 29.4 Å². The molecular formula is C15H21N3O2. The molecule has 1 aliphatic heterocycles. The molecule has 2 amide bonds. The molecule has 0 aliphatic carbocycles. The van der Waals surface area contributed by atoms with E-state index in [1.54, 1.807) is 4.90 Å². The quantitative estimate of drug-likeness (QED) is 0.643. The van der Waals surface area contributed by atoms with Gasteiger partial charge in [0.25, 0.3) is 0 Å². The van der Waals surface area contributed by atoms with Gasteiger partial charge in [-0.3, -0.25) is 0 Å². The Morgan fingerprint density at radius 2 is 2.35 bits per heavy atom. The normalized spacial score (nSPS) is 21.0. The van der Waals surface area contributed by atoms with Gasteiger partial charge in [-0.1, -0.05) is 24.2 Å². The van der Waals surface area contributed by atoms with Crippen LogP contribution in [-0.2, 0) is 0 Å². The Labute approximate surface area is 119 Å². The van der Waals surface area contributed by atoms with E-state index in [1.165, 1.54) is 0 Å². The first-order valence-corrected chi connectivity index (χ1v) is 6.97. The largest absolute Gasteiger partial charge is 0.411 e. The number of aryl methyl sites for hydroxylation is 1. The number of hydrogen-bond acceptors (Lipinski definition) is 3. The zero-order valence-electron chi connectivity index (χ0n) is 12.0. The SMILES string of the molecule is CCC1CN(C(=O)Nc2cccc(C)c2)CC/C1=N\O. The Kier molecular flexibility index (Phi) is 4.61. The number of nitrogens with zero attached hydrogens (tertiary/aromatic N) is 2. The number of amides is 2. The summed E-state index contributed by atoms with van der Waals surface area (Å²) < 4.78 is 0. The minimum Gasteiger partial charge on any atom is -0.411 e. The van der Waals surface area contributed by atoms with E-state index in [4.69, 9.17) is 5.21 Å². The van der Waals surface area contributed by atoms with E-state index in [2.05, 4.69) is 10.5 Å². The first-order chi connectivity index (χ1) is 9.63. The molecule has 1 atom stereocenters. The van der Waals surface area contributed by atoms with Gasteiger partial charge in [0.2, 0.25) is 0 Å². The fourth-order valence-electron chi connectivity index (χ4n) is 2.52. The summed E-state index contributed by atoms with van der Waals surface area (Å²) in [6.07, 6.45) is 1.50. The van der Waals surface area contributed by atoms with Crippen molar-refractivity contribution in [3.8, 4) is 0 Å².